The van der Waals surface area contributed by atoms with Crippen LogP contribution in [0.1, 0.15) is 0 Å². The summed E-state index contributed by atoms with van der Waals surface area (Å²) in [7, 11) is 1.74. The summed E-state index contributed by atoms with van der Waals surface area (Å²) < 4.78 is 21.1. The lowest BCUT2D eigenvalue weighted by atomic mass is 10.0. The summed E-state index contributed by atoms with van der Waals surface area (Å²) in [6.45, 7) is 0. The number of rotatable bonds is 7. The monoisotopic (exact) mass is 514 g/mol. The molecule has 2 N–H and O–H groups in total. The second-order valence-corrected chi connectivity index (χ2v) is 8.68. The topological polar surface area (TPSA) is 84.9 Å². The van der Waals surface area contributed by atoms with Gasteiger partial charge in [-0.2, -0.15) is 0 Å². The highest BCUT2D eigenvalue weighted by molar-refractivity contribution is 6.02. The first kappa shape index (κ1) is 24.0. The molecule has 0 saturated carbocycles. The fourth-order valence-corrected chi connectivity index (χ4v) is 4.34. The molecule has 6 aromatic rings. The predicted molar refractivity (Wildman–Crippen MR) is 152 cm³/mol. The molecule has 0 saturated heterocycles. The summed E-state index contributed by atoms with van der Waals surface area (Å²) >= 11 is 0. The molecule has 0 aliphatic carbocycles. The van der Waals surface area contributed by atoms with Crippen molar-refractivity contribution in [3.05, 3.63) is 115 Å². The Morgan fingerprint density at radius 1 is 0.744 bits per heavy atom. The number of nitrogens with zero attached hydrogens (tertiary/aromatic N) is 4. The number of ether oxygens (including phenoxy) is 1. The van der Waals surface area contributed by atoms with Crippen LogP contribution >= 0.6 is 0 Å². The molecule has 0 bridgehead atoms. The number of aromatic nitrogens is 4. The summed E-state index contributed by atoms with van der Waals surface area (Å²) in [5.74, 6) is 0.833. The molecule has 0 spiro atoms. The molecule has 190 valence electrons. The van der Waals surface area contributed by atoms with Crippen molar-refractivity contribution in [1.82, 2.24) is 19.9 Å². The van der Waals surface area contributed by atoms with Gasteiger partial charge in [-0.25, -0.2) is 24.3 Å². The van der Waals surface area contributed by atoms with Gasteiger partial charge >= 0.3 is 0 Å². The molecule has 7 nitrogen and oxygen atoms in total. The van der Waals surface area contributed by atoms with Crippen LogP contribution in [0.25, 0.3) is 33.2 Å². The predicted octanol–water partition coefficient (Wildman–Crippen LogP) is 7.47. The summed E-state index contributed by atoms with van der Waals surface area (Å²) in [5.41, 5.74) is 3.88. The van der Waals surface area contributed by atoms with Crippen molar-refractivity contribution < 1.29 is 9.13 Å². The van der Waals surface area contributed by atoms with Gasteiger partial charge < -0.3 is 15.4 Å². The molecule has 0 amide bonds. The first-order valence-corrected chi connectivity index (χ1v) is 12.3. The zero-order valence-corrected chi connectivity index (χ0v) is 21.0. The number of benzene rings is 3. The van der Waals surface area contributed by atoms with Crippen LogP contribution in [0.5, 0.6) is 11.6 Å². The maximum atomic E-state index is 15.2. The third-order valence-electron chi connectivity index (χ3n) is 6.21. The number of nitrogens with one attached hydrogen (secondary N) is 2. The number of hydrogen-bond donors (Lipinski definition) is 2. The van der Waals surface area contributed by atoms with E-state index in [0.717, 1.165) is 21.9 Å². The van der Waals surface area contributed by atoms with Crippen LogP contribution in [0.4, 0.5) is 21.8 Å². The lowest BCUT2D eigenvalue weighted by molar-refractivity contribution is 0.429. The van der Waals surface area contributed by atoms with Gasteiger partial charge in [0.2, 0.25) is 11.8 Å². The Morgan fingerprint density at radius 3 is 2.38 bits per heavy atom. The third kappa shape index (κ3) is 4.95. The maximum Gasteiger partial charge on any atom is 0.228 e. The van der Waals surface area contributed by atoms with E-state index in [4.69, 9.17) is 4.74 Å². The van der Waals surface area contributed by atoms with Gasteiger partial charge in [-0.05, 0) is 41.3 Å². The van der Waals surface area contributed by atoms with E-state index in [2.05, 4.69) is 48.8 Å². The fraction of sp³-hybridized carbons (Fsp3) is 0.0323. The zero-order chi connectivity index (χ0) is 26.6. The molecule has 3 heterocycles. The van der Waals surface area contributed by atoms with Crippen LogP contribution in [0.3, 0.4) is 0 Å². The molecule has 0 fully saturated rings. The molecule has 6 rings (SSSR count). The Hall–Kier alpha value is -5.37. The minimum atomic E-state index is -0.541. The van der Waals surface area contributed by atoms with Crippen LogP contribution in [0, 0.1) is 5.82 Å². The van der Waals surface area contributed by atoms with Crippen molar-refractivity contribution in [3.8, 4) is 34.0 Å². The lowest BCUT2D eigenvalue weighted by Crippen LogP contribution is -2.00. The van der Waals surface area contributed by atoms with Crippen molar-refractivity contribution in [2.24, 2.45) is 0 Å². The van der Waals surface area contributed by atoms with Crippen LogP contribution in [-0.2, 0) is 0 Å². The number of pyridine rings is 2. The average molecular weight is 515 g/mol. The number of hydrogen-bond acceptors (Lipinski definition) is 7. The number of anilines is 3. The van der Waals surface area contributed by atoms with Crippen molar-refractivity contribution >= 4 is 28.2 Å². The van der Waals surface area contributed by atoms with Crippen LogP contribution in [-0.4, -0.2) is 27.0 Å². The molecule has 3 aromatic heterocycles. The van der Waals surface area contributed by atoms with E-state index >= 15 is 4.39 Å². The zero-order valence-electron chi connectivity index (χ0n) is 21.0. The lowest BCUT2D eigenvalue weighted by Gasteiger charge is -2.14. The Bertz CT molecular complexity index is 1780. The van der Waals surface area contributed by atoms with Gasteiger partial charge in [-0.15, -0.1) is 0 Å². The summed E-state index contributed by atoms with van der Waals surface area (Å²) in [5, 5.41) is 8.15. The van der Waals surface area contributed by atoms with Gasteiger partial charge in [0.25, 0.3) is 0 Å². The maximum absolute atomic E-state index is 15.2. The highest BCUT2D eigenvalue weighted by atomic mass is 19.1. The van der Waals surface area contributed by atoms with Crippen LogP contribution < -0.4 is 15.4 Å². The van der Waals surface area contributed by atoms with Crippen molar-refractivity contribution in [1.29, 1.82) is 0 Å². The molecule has 0 aliphatic heterocycles. The Kier molecular flexibility index (Phi) is 6.49. The smallest absolute Gasteiger partial charge is 0.228 e. The summed E-state index contributed by atoms with van der Waals surface area (Å²) in [6, 6.07) is 28.1. The van der Waals surface area contributed by atoms with Crippen molar-refractivity contribution in [3.63, 3.8) is 0 Å². The Balaban J connectivity index is 1.28. The quantitative estimate of drug-likeness (QED) is 0.229. The SMILES string of the molecule is CNc1nccc(-c2cccnc2Oc2ccc(Nc3ncc(-c4ccccc4)c4ccccc34)cc2F)n1. The van der Waals surface area contributed by atoms with E-state index in [1.165, 1.54) is 6.07 Å². The van der Waals surface area contributed by atoms with E-state index in [9.17, 15) is 0 Å². The molecule has 0 unspecified atom stereocenters. The minimum Gasteiger partial charge on any atom is -0.435 e. The van der Waals surface area contributed by atoms with Gasteiger partial charge in [-0.3, -0.25) is 0 Å². The fourth-order valence-electron chi connectivity index (χ4n) is 4.34. The van der Waals surface area contributed by atoms with Crippen molar-refractivity contribution in [2.75, 3.05) is 17.7 Å². The molecule has 0 atom stereocenters. The Morgan fingerprint density at radius 2 is 1.56 bits per heavy atom. The van der Waals surface area contributed by atoms with Gasteiger partial charge in [0.15, 0.2) is 11.6 Å². The van der Waals surface area contributed by atoms with Gasteiger partial charge in [0.1, 0.15) is 5.82 Å². The van der Waals surface area contributed by atoms with Crippen LogP contribution in [0.15, 0.2) is 110 Å². The summed E-state index contributed by atoms with van der Waals surface area (Å²) in [4.78, 5) is 17.6. The molecule has 3 aromatic carbocycles. The van der Waals surface area contributed by atoms with Crippen molar-refractivity contribution in [2.45, 2.75) is 0 Å². The molecule has 0 radical (unpaired) electrons. The van der Waals surface area contributed by atoms with E-state index < -0.39 is 5.82 Å². The largest absolute Gasteiger partial charge is 0.435 e. The van der Waals surface area contributed by atoms with E-state index in [1.54, 1.807) is 43.7 Å². The molecular formula is C31H23FN6O. The van der Waals surface area contributed by atoms with Gasteiger partial charge in [0, 0.05) is 48.3 Å². The second-order valence-electron chi connectivity index (χ2n) is 8.68. The Labute approximate surface area is 224 Å². The number of halogens is 1. The van der Waals surface area contributed by atoms with E-state index in [-0.39, 0.29) is 11.6 Å². The normalized spacial score (nSPS) is 10.8. The van der Waals surface area contributed by atoms with Gasteiger partial charge in [-0.1, -0.05) is 54.6 Å². The number of fused-ring (bicyclic) bond motifs is 1. The molecule has 39 heavy (non-hydrogen) atoms. The second kappa shape index (κ2) is 10.5. The highest BCUT2D eigenvalue weighted by Gasteiger charge is 2.15. The van der Waals surface area contributed by atoms with Gasteiger partial charge in [0.05, 0.1) is 11.3 Å². The average Bonchev–Trinajstić information content (AvgIpc) is 2.99. The molecule has 0 aliphatic rings. The molecule has 8 heteroatoms. The first-order chi connectivity index (χ1) is 19.2. The van der Waals surface area contributed by atoms with E-state index in [0.29, 0.717) is 28.7 Å². The minimum absolute atomic E-state index is 0.0423. The highest BCUT2D eigenvalue weighted by Crippen LogP contribution is 2.35. The third-order valence-corrected chi connectivity index (χ3v) is 6.21. The first-order valence-electron chi connectivity index (χ1n) is 12.3. The summed E-state index contributed by atoms with van der Waals surface area (Å²) in [6.07, 6.45) is 5.06. The molecular weight excluding hydrogens is 491 g/mol. The van der Waals surface area contributed by atoms with Crippen LogP contribution in [0.2, 0.25) is 0 Å². The van der Waals surface area contributed by atoms with E-state index in [1.807, 2.05) is 48.7 Å². The standard InChI is InChI=1S/C31H23FN6O/c1-33-31-35-17-15-27(38-31)24-12-7-16-34-30(24)39-28-14-13-21(18-26(28)32)37-29-23-11-6-5-10-22(23)25(19-36-29)20-8-3-2-4-9-20/h2-19H,1H3,(H,36,37)(H,33,35,38).